The normalized spacial score (nSPS) is 19.6. The molecule has 1 aliphatic heterocycles. The summed E-state index contributed by atoms with van der Waals surface area (Å²) < 4.78 is 12.2. The molecule has 1 aliphatic rings. The molecule has 1 N–H and O–H groups in total. The molecule has 1 amide bonds. The van der Waals surface area contributed by atoms with Gasteiger partial charge in [0.05, 0.1) is 11.2 Å². The predicted molar refractivity (Wildman–Crippen MR) is 84.9 cm³/mol. The highest BCUT2D eigenvalue weighted by Crippen LogP contribution is 2.36. The van der Waals surface area contributed by atoms with Crippen LogP contribution in [-0.2, 0) is 9.31 Å². The van der Waals surface area contributed by atoms with Crippen LogP contribution in [0.25, 0.3) is 0 Å². The van der Waals surface area contributed by atoms with Gasteiger partial charge in [0.2, 0.25) is 0 Å². The van der Waals surface area contributed by atoms with Gasteiger partial charge in [0, 0.05) is 12.1 Å². The molecule has 21 heavy (non-hydrogen) atoms. The van der Waals surface area contributed by atoms with Crippen LogP contribution in [0, 0.1) is 6.92 Å². The first-order valence-corrected chi connectivity index (χ1v) is 7.43. The predicted octanol–water partition coefficient (Wildman–Crippen LogP) is 2.04. The molecule has 114 valence electrons. The first-order chi connectivity index (χ1) is 9.69. The zero-order chi connectivity index (χ0) is 15.8. The third kappa shape index (κ3) is 2.85. The van der Waals surface area contributed by atoms with Gasteiger partial charge in [-0.3, -0.25) is 4.79 Å². The summed E-state index contributed by atoms with van der Waals surface area (Å²) in [5, 5.41) is 2.84. The maximum absolute atomic E-state index is 12.3. The van der Waals surface area contributed by atoms with Gasteiger partial charge in [-0.25, -0.2) is 0 Å². The van der Waals surface area contributed by atoms with E-state index in [9.17, 15) is 4.79 Å². The van der Waals surface area contributed by atoms with Gasteiger partial charge in [0.1, 0.15) is 0 Å². The van der Waals surface area contributed by atoms with Crippen molar-refractivity contribution in [3.05, 3.63) is 29.3 Å². The molecule has 5 heteroatoms. The molecule has 0 unspecified atom stereocenters. The molecule has 1 saturated heterocycles. The molecule has 1 aromatic carbocycles. The Bertz CT molecular complexity index is 538. The van der Waals surface area contributed by atoms with Crippen LogP contribution < -0.4 is 10.8 Å². The standard InChI is InChI=1S/C16H24BNO3/c1-7-18-14(19)12-10-8-9-11(2)13(12)17-20-15(3,4)16(5,6)21-17/h8-10H,7H2,1-6H3,(H,18,19). The Kier molecular flexibility index (Phi) is 4.18. The smallest absolute Gasteiger partial charge is 0.399 e. The summed E-state index contributed by atoms with van der Waals surface area (Å²) in [6, 6.07) is 5.68. The summed E-state index contributed by atoms with van der Waals surface area (Å²) in [5.74, 6) is -0.0917. The molecule has 0 radical (unpaired) electrons. The zero-order valence-electron chi connectivity index (χ0n) is 13.7. The first-order valence-electron chi connectivity index (χ1n) is 7.43. The van der Waals surface area contributed by atoms with E-state index in [-0.39, 0.29) is 5.91 Å². The third-order valence-corrected chi connectivity index (χ3v) is 4.40. The molecule has 0 aliphatic carbocycles. The SMILES string of the molecule is CCNC(=O)c1cccc(C)c1B1OC(C)(C)C(C)(C)O1. The van der Waals surface area contributed by atoms with E-state index in [1.54, 1.807) is 0 Å². The number of aryl methyl sites for hydroxylation is 1. The topological polar surface area (TPSA) is 47.6 Å². The number of rotatable bonds is 3. The minimum Gasteiger partial charge on any atom is -0.399 e. The number of hydrogen-bond acceptors (Lipinski definition) is 3. The molecule has 0 atom stereocenters. The van der Waals surface area contributed by atoms with Crippen molar-refractivity contribution < 1.29 is 14.1 Å². The Balaban J connectivity index is 2.43. The quantitative estimate of drug-likeness (QED) is 0.866. The molecule has 1 heterocycles. The maximum Gasteiger partial charge on any atom is 0.495 e. The van der Waals surface area contributed by atoms with E-state index in [4.69, 9.17) is 9.31 Å². The van der Waals surface area contributed by atoms with Crippen molar-refractivity contribution in [3.8, 4) is 0 Å². The summed E-state index contributed by atoms with van der Waals surface area (Å²) in [6.07, 6.45) is 0. The van der Waals surface area contributed by atoms with Gasteiger partial charge in [0.15, 0.2) is 0 Å². The number of benzene rings is 1. The molecule has 0 saturated carbocycles. The van der Waals surface area contributed by atoms with Crippen LogP contribution in [0.3, 0.4) is 0 Å². The minimum absolute atomic E-state index is 0.0917. The highest BCUT2D eigenvalue weighted by atomic mass is 16.7. The Hall–Kier alpha value is -1.33. The number of amides is 1. The van der Waals surface area contributed by atoms with Gasteiger partial charge in [-0.1, -0.05) is 17.7 Å². The summed E-state index contributed by atoms with van der Waals surface area (Å²) in [7, 11) is -0.520. The van der Waals surface area contributed by atoms with Crippen molar-refractivity contribution in [1.82, 2.24) is 5.32 Å². The lowest BCUT2D eigenvalue weighted by atomic mass is 9.73. The molecule has 0 bridgehead atoms. The summed E-state index contributed by atoms with van der Waals surface area (Å²) in [4.78, 5) is 12.3. The summed E-state index contributed by atoms with van der Waals surface area (Å²) in [5.41, 5.74) is 1.60. The fourth-order valence-corrected chi connectivity index (χ4v) is 2.41. The number of carbonyl (C=O) groups is 1. The van der Waals surface area contributed by atoms with E-state index in [0.29, 0.717) is 12.1 Å². The molecule has 2 rings (SSSR count). The second-order valence-electron chi connectivity index (χ2n) is 6.48. The van der Waals surface area contributed by atoms with Gasteiger partial charge < -0.3 is 14.6 Å². The second-order valence-corrected chi connectivity index (χ2v) is 6.48. The van der Waals surface area contributed by atoms with Crippen LogP contribution in [0.5, 0.6) is 0 Å². The van der Waals surface area contributed by atoms with Crippen LogP contribution in [0.1, 0.15) is 50.5 Å². The van der Waals surface area contributed by atoms with Gasteiger partial charge in [-0.2, -0.15) is 0 Å². The minimum atomic E-state index is -0.520. The number of hydrogen-bond donors (Lipinski definition) is 1. The summed E-state index contributed by atoms with van der Waals surface area (Å²) >= 11 is 0. The van der Waals surface area contributed by atoms with E-state index < -0.39 is 18.3 Å². The van der Waals surface area contributed by atoms with Crippen LogP contribution in [-0.4, -0.2) is 30.8 Å². The Morgan fingerprint density at radius 2 is 1.76 bits per heavy atom. The zero-order valence-corrected chi connectivity index (χ0v) is 13.7. The fourth-order valence-electron chi connectivity index (χ4n) is 2.41. The molecule has 0 spiro atoms. The van der Waals surface area contributed by atoms with Gasteiger partial charge in [-0.05, 0) is 53.1 Å². The lowest BCUT2D eigenvalue weighted by molar-refractivity contribution is 0.00578. The van der Waals surface area contributed by atoms with Gasteiger partial charge >= 0.3 is 7.12 Å². The Morgan fingerprint density at radius 3 is 2.29 bits per heavy atom. The van der Waals surface area contributed by atoms with Crippen LogP contribution in [0.15, 0.2) is 18.2 Å². The third-order valence-electron chi connectivity index (χ3n) is 4.40. The van der Waals surface area contributed by atoms with Crippen molar-refractivity contribution in [2.45, 2.75) is 52.7 Å². The van der Waals surface area contributed by atoms with Crippen LogP contribution in [0.2, 0.25) is 0 Å². The number of carbonyl (C=O) groups excluding carboxylic acids is 1. The van der Waals surface area contributed by atoms with E-state index in [1.165, 1.54) is 0 Å². The average Bonchev–Trinajstić information content (AvgIpc) is 2.58. The summed E-state index contributed by atoms with van der Waals surface area (Å²) in [6.45, 7) is 12.5. The van der Waals surface area contributed by atoms with Gasteiger partial charge in [-0.15, -0.1) is 0 Å². The van der Waals surface area contributed by atoms with E-state index in [1.807, 2.05) is 59.7 Å². The van der Waals surface area contributed by atoms with Gasteiger partial charge in [0.25, 0.3) is 5.91 Å². The monoisotopic (exact) mass is 289 g/mol. The highest BCUT2D eigenvalue weighted by Gasteiger charge is 2.52. The van der Waals surface area contributed by atoms with E-state index in [2.05, 4.69) is 5.32 Å². The molecule has 1 fully saturated rings. The van der Waals surface area contributed by atoms with Crippen LogP contribution >= 0.6 is 0 Å². The molecule has 1 aromatic rings. The van der Waals surface area contributed by atoms with Crippen molar-refractivity contribution in [2.24, 2.45) is 0 Å². The molecule has 0 aromatic heterocycles. The molecular formula is C16H24BNO3. The van der Waals surface area contributed by atoms with Crippen LogP contribution in [0.4, 0.5) is 0 Å². The second kappa shape index (κ2) is 5.46. The maximum atomic E-state index is 12.3. The van der Waals surface area contributed by atoms with Crippen molar-refractivity contribution in [3.63, 3.8) is 0 Å². The van der Waals surface area contributed by atoms with E-state index >= 15 is 0 Å². The number of nitrogens with one attached hydrogen (secondary N) is 1. The Morgan fingerprint density at radius 1 is 1.19 bits per heavy atom. The average molecular weight is 289 g/mol. The highest BCUT2D eigenvalue weighted by molar-refractivity contribution is 6.64. The van der Waals surface area contributed by atoms with Crippen molar-refractivity contribution in [2.75, 3.05) is 6.54 Å². The van der Waals surface area contributed by atoms with Crippen molar-refractivity contribution in [1.29, 1.82) is 0 Å². The molecule has 4 nitrogen and oxygen atoms in total. The van der Waals surface area contributed by atoms with Crippen molar-refractivity contribution >= 4 is 18.5 Å². The fraction of sp³-hybridized carbons (Fsp3) is 0.562. The molecular weight excluding hydrogens is 265 g/mol. The first kappa shape index (κ1) is 16.1. The largest absolute Gasteiger partial charge is 0.495 e. The lowest BCUT2D eigenvalue weighted by Crippen LogP contribution is -2.42. The Labute approximate surface area is 127 Å². The lowest BCUT2D eigenvalue weighted by Gasteiger charge is -2.32. The van der Waals surface area contributed by atoms with E-state index in [0.717, 1.165) is 11.0 Å².